The molecule has 0 saturated carbocycles. The average molecular weight is 487 g/mol. The van der Waals surface area contributed by atoms with Crippen molar-refractivity contribution in [2.45, 2.75) is 56.7 Å². The number of hydrogen-bond acceptors (Lipinski definition) is 6. The summed E-state index contributed by atoms with van der Waals surface area (Å²) in [5, 5.41) is -5.32. The molecule has 8 nitrogen and oxygen atoms in total. The number of halogens is 6. The fraction of sp³-hybridized carbons (Fsp3) is 0.750. The number of hydrogen-bond donors (Lipinski definition) is 1. The molecule has 182 valence electrons. The van der Waals surface area contributed by atoms with E-state index >= 15 is 0 Å². The van der Waals surface area contributed by atoms with Crippen LogP contribution in [0.5, 0.6) is 0 Å². The lowest BCUT2D eigenvalue weighted by atomic mass is 10.1. The minimum absolute atomic E-state index is 0.161. The van der Waals surface area contributed by atoms with E-state index in [1.807, 2.05) is 0 Å². The van der Waals surface area contributed by atoms with Gasteiger partial charge < -0.3 is 14.4 Å². The molecule has 0 aromatic carbocycles. The van der Waals surface area contributed by atoms with E-state index in [2.05, 4.69) is 16.1 Å². The van der Waals surface area contributed by atoms with Crippen molar-refractivity contribution in [3.8, 4) is 0 Å². The third kappa shape index (κ3) is 7.64. The highest BCUT2D eigenvalue weighted by atomic mass is 32.2. The molecular formula is C16H23F6NO7S. The predicted molar refractivity (Wildman–Crippen MR) is 94.0 cm³/mol. The van der Waals surface area contributed by atoms with Crippen LogP contribution in [-0.4, -0.2) is 66.7 Å². The average Bonchev–Trinajstić information content (AvgIpc) is 2.62. The molecule has 0 aromatic rings. The number of esters is 1. The highest BCUT2D eigenvalue weighted by molar-refractivity contribution is 7.86. The maximum absolute atomic E-state index is 13.9. The Bertz CT molecular complexity index is 748. The number of alkyl halides is 5. The number of rotatable bonds is 13. The van der Waals surface area contributed by atoms with Crippen molar-refractivity contribution < 1.29 is 58.4 Å². The highest BCUT2D eigenvalue weighted by Crippen LogP contribution is 2.39. The van der Waals surface area contributed by atoms with E-state index in [1.165, 1.54) is 0 Å². The standard InChI is InChI=1S/C16H23F6NO7S/c1-4-6-8-23(9-7-5-2)13(25)15(16(20,21)22,30-12(24)11(3)17)29-10-14(18,19)31(26,27)28/h3-10H2,1-2H3,(H,26,27,28). The van der Waals surface area contributed by atoms with Gasteiger partial charge in [-0.25, -0.2) is 4.79 Å². The lowest BCUT2D eigenvalue weighted by Crippen LogP contribution is -2.63. The third-order valence-corrected chi connectivity index (χ3v) is 4.66. The van der Waals surface area contributed by atoms with Gasteiger partial charge in [0.2, 0.25) is 5.83 Å². The van der Waals surface area contributed by atoms with Crippen LogP contribution in [0.25, 0.3) is 0 Å². The third-order valence-electron chi connectivity index (χ3n) is 3.78. The molecule has 0 aromatic heterocycles. The van der Waals surface area contributed by atoms with Crippen LogP contribution in [0.15, 0.2) is 12.4 Å². The SMILES string of the molecule is C=C(F)C(=O)OC(OCC(F)(F)S(=O)(=O)O)(C(=O)N(CCCC)CCCC)C(F)(F)F. The van der Waals surface area contributed by atoms with Gasteiger partial charge in [0, 0.05) is 13.1 Å². The van der Waals surface area contributed by atoms with Crippen LogP contribution in [0, 0.1) is 0 Å². The molecule has 0 aliphatic rings. The first-order valence-corrected chi connectivity index (χ1v) is 10.3. The highest BCUT2D eigenvalue weighted by Gasteiger charge is 2.69. The summed E-state index contributed by atoms with van der Waals surface area (Å²) in [6.45, 7) is 2.26. The van der Waals surface area contributed by atoms with Crippen LogP contribution in [-0.2, 0) is 29.2 Å². The molecule has 31 heavy (non-hydrogen) atoms. The minimum atomic E-state index is -6.27. The van der Waals surface area contributed by atoms with Crippen molar-refractivity contribution in [2.24, 2.45) is 0 Å². The number of ether oxygens (including phenoxy) is 2. The maximum atomic E-state index is 13.9. The van der Waals surface area contributed by atoms with Gasteiger partial charge >= 0.3 is 39.2 Å². The van der Waals surface area contributed by atoms with Crippen LogP contribution in [0.3, 0.4) is 0 Å². The van der Waals surface area contributed by atoms with E-state index in [-0.39, 0.29) is 25.9 Å². The predicted octanol–water partition coefficient (Wildman–Crippen LogP) is 3.20. The van der Waals surface area contributed by atoms with E-state index in [9.17, 15) is 44.3 Å². The number of carbonyl (C=O) groups excluding carboxylic acids is 2. The van der Waals surface area contributed by atoms with Gasteiger partial charge in [0.25, 0.3) is 0 Å². The summed E-state index contributed by atoms with van der Waals surface area (Å²) < 4.78 is 119. The second kappa shape index (κ2) is 11.1. The zero-order valence-electron chi connectivity index (χ0n) is 16.7. The Hall–Kier alpha value is -1.87. The maximum Gasteiger partial charge on any atom is 0.466 e. The topological polar surface area (TPSA) is 110 Å². The molecule has 0 aliphatic carbocycles. The second-order valence-corrected chi connectivity index (χ2v) is 7.86. The van der Waals surface area contributed by atoms with Gasteiger partial charge in [0.15, 0.2) is 0 Å². The number of carbonyl (C=O) groups is 2. The van der Waals surface area contributed by atoms with Crippen molar-refractivity contribution in [3.05, 3.63) is 12.4 Å². The molecule has 0 saturated heterocycles. The summed E-state index contributed by atoms with van der Waals surface area (Å²) in [4.78, 5) is 24.7. The largest absolute Gasteiger partial charge is 0.466 e. The molecule has 0 bridgehead atoms. The molecule has 1 unspecified atom stereocenters. The lowest BCUT2D eigenvalue weighted by molar-refractivity contribution is -0.356. The first kappa shape index (κ1) is 29.1. The number of nitrogens with zero attached hydrogens (tertiary/aromatic N) is 1. The van der Waals surface area contributed by atoms with Crippen molar-refractivity contribution >= 4 is 22.0 Å². The van der Waals surface area contributed by atoms with E-state index in [0.29, 0.717) is 17.7 Å². The van der Waals surface area contributed by atoms with Crippen LogP contribution in [0.4, 0.5) is 26.3 Å². The van der Waals surface area contributed by atoms with Gasteiger partial charge in [-0.3, -0.25) is 9.35 Å². The molecule has 0 spiro atoms. The Morgan fingerprint density at radius 3 is 1.81 bits per heavy atom. The zero-order valence-corrected chi connectivity index (χ0v) is 17.5. The Morgan fingerprint density at radius 1 is 1.03 bits per heavy atom. The Morgan fingerprint density at radius 2 is 1.48 bits per heavy atom. The molecule has 0 aliphatic heterocycles. The van der Waals surface area contributed by atoms with E-state index in [0.717, 1.165) is 0 Å². The van der Waals surface area contributed by atoms with Gasteiger partial charge in [-0.2, -0.15) is 34.8 Å². The van der Waals surface area contributed by atoms with Gasteiger partial charge in [-0.1, -0.05) is 33.3 Å². The van der Waals surface area contributed by atoms with Crippen LogP contribution < -0.4 is 0 Å². The lowest BCUT2D eigenvalue weighted by Gasteiger charge is -2.37. The molecule has 1 N–H and O–H groups in total. The minimum Gasteiger partial charge on any atom is -0.410 e. The van der Waals surface area contributed by atoms with E-state index in [4.69, 9.17) is 4.55 Å². The molecule has 0 heterocycles. The van der Waals surface area contributed by atoms with E-state index < -0.39 is 51.6 Å². The van der Waals surface area contributed by atoms with Gasteiger partial charge in [-0.05, 0) is 12.8 Å². The van der Waals surface area contributed by atoms with E-state index in [1.54, 1.807) is 13.8 Å². The molecule has 1 amide bonds. The Labute approximate surface area is 174 Å². The van der Waals surface area contributed by atoms with Crippen LogP contribution in [0.1, 0.15) is 39.5 Å². The molecule has 0 rings (SSSR count). The van der Waals surface area contributed by atoms with Crippen molar-refractivity contribution in [1.82, 2.24) is 4.90 Å². The van der Waals surface area contributed by atoms with Gasteiger partial charge in [-0.15, -0.1) is 0 Å². The quantitative estimate of drug-likeness (QED) is 0.140. The summed E-state index contributed by atoms with van der Waals surface area (Å²) in [5.74, 6) is -11.6. The normalized spacial score (nSPS) is 14.6. The summed E-state index contributed by atoms with van der Waals surface area (Å²) in [6, 6.07) is 0. The molecule has 15 heteroatoms. The summed E-state index contributed by atoms with van der Waals surface area (Å²) >= 11 is 0. The second-order valence-electron chi connectivity index (χ2n) is 6.31. The van der Waals surface area contributed by atoms with Crippen molar-refractivity contribution in [1.29, 1.82) is 0 Å². The van der Waals surface area contributed by atoms with Crippen LogP contribution in [0.2, 0.25) is 0 Å². The first-order valence-electron chi connectivity index (χ1n) is 8.89. The number of unbranched alkanes of at least 4 members (excludes halogenated alkanes) is 2. The Kier molecular flexibility index (Phi) is 10.5. The fourth-order valence-corrected chi connectivity index (χ4v) is 2.27. The fourth-order valence-electron chi connectivity index (χ4n) is 2.06. The smallest absolute Gasteiger partial charge is 0.410 e. The number of amides is 1. The van der Waals surface area contributed by atoms with Crippen molar-refractivity contribution in [3.63, 3.8) is 0 Å². The Balaban J connectivity index is 6.47. The van der Waals surface area contributed by atoms with Crippen molar-refractivity contribution in [2.75, 3.05) is 19.7 Å². The molecular weight excluding hydrogens is 464 g/mol. The summed E-state index contributed by atoms with van der Waals surface area (Å²) in [5.41, 5.74) is 0. The summed E-state index contributed by atoms with van der Waals surface area (Å²) in [7, 11) is -6.27. The van der Waals surface area contributed by atoms with Gasteiger partial charge in [0.1, 0.15) is 6.61 Å². The summed E-state index contributed by atoms with van der Waals surface area (Å²) in [6.07, 6.45) is -4.93. The van der Waals surface area contributed by atoms with Gasteiger partial charge in [0.05, 0.1) is 0 Å². The van der Waals surface area contributed by atoms with Crippen LogP contribution >= 0.6 is 0 Å². The molecule has 1 atom stereocenters. The monoisotopic (exact) mass is 487 g/mol. The molecule has 0 fully saturated rings. The first-order chi connectivity index (χ1) is 14.0. The molecule has 0 radical (unpaired) electrons. The zero-order chi connectivity index (χ0) is 24.7.